The van der Waals surface area contributed by atoms with Gasteiger partial charge >= 0.3 is 0 Å². The smallest absolute Gasteiger partial charge is 0.200 e. The van der Waals surface area contributed by atoms with E-state index in [1.807, 2.05) is 12.1 Å². The fraction of sp³-hybridized carbons (Fsp3) is 0.429. The lowest BCUT2D eigenvalue weighted by Gasteiger charge is -2.32. The number of ether oxygens (including phenoxy) is 8. The van der Waals surface area contributed by atoms with Gasteiger partial charge in [-0.15, -0.1) is 0 Å². The van der Waals surface area contributed by atoms with Crippen molar-refractivity contribution < 1.29 is 73.6 Å². The van der Waals surface area contributed by atoms with Crippen molar-refractivity contribution in [1.82, 2.24) is 0 Å². The molecule has 4 rings (SSSR count). The van der Waals surface area contributed by atoms with Crippen molar-refractivity contribution in [3.63, 3.8) is 0 Å². The number of aliphatic hydroxyl groups is 5. The average molecular weight is 799 g/mol. The van der Waals surface area contributed by atoms with Gasteiger partial charge in [0.1, 0.15) is 12.2 Å². The third-order valence-electron chi connectivity index (χ3n) is 9.69. The lowest BCUT2D eigenvalue weighted by atomic mass is 9.84. The van der Waals surface area contributed by atoms with Gasteiger partial charge in [-0.1, -0.05) is 25.5 Å². The lowest BCUT2D eigenvalue weighted by Crippen LogP contribution is -2.31. The second-order valence-electron chi connectivity index (χ2n) is 13.1. The van der Waals surface area contributed by atoms with E-state index < -0.39 is 56.3 Å². The molecule has 57 heavy (non-hydrogen) atoms. The van der Waals surface area contributed by atoms with E-state index in [0.29, 0.717) is 17.1 Å². The highest BCUT2D eigenvalue weighted by Gasteiger charge is 2.35. The summed E-state index contributed by atoms with van der Waals surface area (Å²) >= 11 is 0. The molecule has 0 spiro atoms. The summed E-state index contributed by atoms with van der Waals surface area (Å²) in [5.41, 5.74) is 2.12. The molecule has 0 aliphatic rings. The topological polar surface area (TPSA) is 215 Å². The molecule has 15 nitrogen and oxygen atoms in total. The van der Waals surface area contributed by atoms with Gasteiger partial charge in [0.2, 0.25) is 5.75 Å². The maximum Gasteiger partial charge on any atom is 0.200 e. The summed E-state index contributed by atoms with van der Waals surface area (Å²) in [6, 6.07) is 15.6. The van der Waals surface area contributed by atoms with E-state index in [-0.39, 0.29) is 56.9 Å². The number of aryl methyl sites for hydroxylation is 1. The van der Waals surface area contributed by atoms with Gasteiger partial charge in [-0.2, -0.15) is 0 Å². The van der Waals surface area contributed by atoms with Crippen LogP contribution in [0, 0.1) is 0 Å². The standard InChI is InChI=1S/C42H54O15/c1-8-9-23-10-12-31(33(14-23)51-3)57-42(38(22-45)55-7)27-19-32(50-2)29(46)18-26(27)28(20-43)39(47)24-11-13-30(34(15-24)52-4)56-37(21-44)40(48)25-16-35(53-5)41(49)36(17-25)54-6/h10-19,28,37-40,42-49H,8-9,20-22H2,1-7H3. The molecular formula is C42H54O15. The molecule has 0 radical (unpaired) electrons. The molecule has 7 N–H and O–H groups in total. The zero-order chi connectivity index (χ0) is 41.8. The number of hydrogen-bond acceptors (Lipinski definition) is 15. The predicted molar refractivity (Wildman–Crippen MR) is 208 cm³/mol. The second kappa shape index (κ2) is 20.8. The molecule has 0 heterocycles. The van der Waals surface area contributed by atoms with Crippen LogP contribution < -0.4 is 33.2 Å². The lowest BCUT2D eigenvalue weighted by molar-refractivity contribution is -0.0327. The third kappa shape index (κ3) is 10.1. The quantitative estimate of drug-likeness (QED) is 0.0583. The summed E-state index contributed by atoms with van der Waals surface area (Å²) in [6.45, 7) is 0.334. The van der Waals surface area contributed by atoms with Crippen molar-refractivity contribution >= 4 is 0 Å². The van der Waals surface area contributed by atoms with Crippen molar-refractivity contribution in [1.29, 1.82) is 0 Å². The first-order chi connectivity index (χ1) is 27.5. The van der Waals surface area contributed by atoms with Gasteiger partial charge in [-0.3, -0.25) is 0 Å². The summed E-state index contributed by atoms with van der Waals surface area (Å²) in [5.74, 6) is -0.498. The van der Waals surface area contributed by atoms with Gasteiger partial charge in [0.15, 0.2) is 58.2 Å². The van der Waals surface area contributed by atoms with E-state index in [0.717, 1.165) is 18.4 Å². The molecule has 0 bridgehead atoms. The number of methoxy groups -OCH3 is 6. The van der Waals surface area contributed by atoms with E-state index >= 15 is 0 Å². The average Bonchev–Trinajstić information content (AvgIpc) is 3.23. The maximum atomic E-state index is 11.9. The fourth-order valence-corrected chi connectivity index (χ4v) is 6.59. The molecule has 0 aliphatic heterocycles. The van der Waals surface area contributed by atoms with Crippen molar-refractivity contribution in [2.45, 2.75) is 56.2 Å². The Hall–Kier alpha value is -5.16. The summed E-state index contributed by atoms with van der Waals surface area (Å²) in [4.78, 5) is 0. The summed E-state index contributed by atoms with van der Waals surface area (Å²) in [6.07, 6.45) is -4.39. The van der Waals surface area contributed by atoms with E-state index in [2.05, 4.69) is 6.92 Å². The van der Waals surface area contributed by atoms with Gasteiger partial charge in [0.05, 0.1) is 61.5 Å². The van der Waals surface area contributed by atoms with Gasteiger partial charge in [0.25, 0.3) is 0 Å². The van der Waals surface area contributed by atoms with Crippen LogP contribution in [0.2, 0.25) is 0 Å². The van der Waals surface area contributed by atoms with E-state index in [1.165, 1.54) is 85.1 Å². The Kier molecular flexibility index (Phi) is 16.3. The van der Waals surface area contributed by atoms with E-state index in [1.54, 1.807) is 6.07 Å². The zero-order valence-corrected chi connectivity index (χ0v) is 33.2. The Bertz CT molecular complexity index is 1870. The minimum atomic E-state index is -1.43. The monoisotopic (exact) mass is 798 g/mol. The molecule has 4 aromatic carbocycles. The van der Waals surface area contributed by atoms with Gasteiger partial charge < -0.3 is 73.6 Å². The number of phenols is 2. The molecule has 0 fully saturated rings. The minimum absolute atomic E-state index is 0.0376. The maximum absolute atomic E-state index is 11.9. The van der Waals surface area contributed by atoms with Gasteiger partial charge in [0, 0.05) is 18.6 Å². The first-order valence-electron chi connectivity index (χ1n) is 18.2. The Balaban J connectivity index is 1.74. The van der Waals surface area contributed by atoms with Crippen molar-refractivity contribution in [2.24, 2.45) is 0 Å². The molecule has 0 amide bonds. The van der Waals surface area contributed by atoms with Crippen LogP contribution in [-0.2, 0) is 11.2 Å². The molecule has 0 saturated carbocycles. The summed E-state index contributed by atoms with van der Waals surface area (Å²) in [7, 11) is 8.34. The highest BCUT2D eigenvalue weighted by atomic mass is 16.6. The second-order valence-corrected chi connectivity index (χ2v) is 13.1. The number of phenolic OH excluding ortho intramolecular Hbond substituents is 2. The van der Waals surface area contributed by atoms with Crippen LogP contribution in [0.15, 0.2) is 60.7 Å². The normalized spacial score (nSPS) is 14.5. The molecule has 6 atom stereocenters. The summed E-state index contributed by atoms with van der Waals surface area (Å²) in [5, 5.41) is 76.0. The first kappa shape index (κ1) is 44.6. The van der Waals surface area contributed by atoms with Crippen LogP contribution in [0.4, 0.5) is 0 Å². The molecule has 15 heteroatoms. The largest absolute Gasteiger partial charge is 0.504 e. The Morgan fingerprint density at radius 3 is 1.63 bits per heavy atom. The highest BCUT2D eigenvalue weighted by Crippen LogP contribution is 2.45. The number of hydrogen-bond donors (Lipinski definition) is 7. The van der Waals surface area contributed by atoms with Crippen molar-refractivity contribution in [3.8, 4) is 51.7 Å². The molecule has 312 valence electrons. The Morgan fingerprint density at radius 2 is 1.09 bits per heavy atom. The SMILES string of the molecule is CCCc1ccc(OC(c2cc(OC)c(O)cc2C(CO)C(O)c2ccc(OC(CO)C(O)c3cc(OC)c(O)c(OC)c3)c(OC)c2)C(CO)OC)c(OC)c1. The number of aromatic hydroxyl groups is 2. The number of benzene rings is 4. The van der Waals surface area contributed by atoms with E-state index in [9.17, 15) is 35.7 Å². The minimum Gasteiger partial charge on any atom is -0.504 e. The molecule has 6 unspecified atom stereocenters. The van der Waals surface area contributed by atoms with Crippen molar-refractivity contribution in [3.05, 3.63) is 88.5 Å². The predicted octanol–water partition coefficient (Wildman–Crippen LogP) is 4.50. The van der Waals surface area contributed by atoms with Crippen LogP contribution in [0.5, 0.6) is 51.7 Å². The van der Waals surface area contributed by atoms with Crippen LogP contribution in [-0.4, -0.2) is 110 Å². The number of aliphatic hydroxyl groups excluding tert-OH is 5. The highest BCUT2D eigenvalue weighted by molar-refractivity contribution is 5.54. The summed E-state index contributed by atoms with van der Waals surface area (Å²) < 4.78 is 45.3. The van der Waals surface area contributed by atoms with Crippen molar-refractivity contribution in [2.75, 3.05) is 62.5 Å². The van der Waals surface area contributed by atoms with Crippen LogP contribution >= 0.6 is 0 Å². The number of rotatable bonds is 22. The van der Waals surface area contributed by atoms with Gasteiger partial charge in [-0.25, -0.2) is 0 Å². The molecule has 0 saturated heterocycles. The first-order valence-corrected chi connectivity index (χ1v) is 18.2. The Labute approximate surface area is 332 Å². The molecule has 4 aromatic rings. The van der Waals surface area contributed by atoms with Crippen LogP contribution in [0.3, 0.4) is 0 Å². The molecule has 0 aliphatic carbocycles. The van der Waals surface area contributed by atoms with E-state index in [4.69, 9.17) is 37.9 Å². The fourth-order valence-electron chi connectivity index (χ4n) is 6.59. The Morgan fingerprint density at radius 1 is 0.526 bits per heavy atom. The molecular weight excluding hydrogens is 744 g/mol. The zero-order valence-electron chi connectivity index (χ0n) is 33.2. The van der Waals surface area contributed by atoms with Gasteiger partial charge in [-0.05, 0) is 77.2 Å². The van der Waals surface area contributed by atoms with Crippen LogP contribution in [0.25, 0.3) is 0 Å². The molecule has 0 aromatic heterocycles. The third-order valence-corrected chi connectivity index (χ3v) is 9.69. The van der Waals surface area contributed by atoms with Crippen LogP contribution in [0.1, 0.15) is 65.4 Å².